The molecule has 11 heteroatoms. The maximum atomic E-state index is 13.5. The smallest absolute Gasteiger partial charge is 0.346 e. The second-order valence-corrected chi connectivity index (χ2v) is 10.5. The van der Waals surface area contributed by atoms with E-state index in [1.165, 1.54) is 25.4 Å². The minimum atomic E-state index is -3.76. The van der Waals surface area contributed by atoms with Crippen LogP contribution >= 0.6 is 0 Å². The van der Waals surface area contributed by atoms with E-state index in [0.29, 0.717) is 24.4 Å². The summed E-state index contributed by atoms with van der Waals surface area (Å²) < 4.78 is 43.4. The Kier molecular flexibility index (Phi) is 6.52. The highest BCUT2D eigenvalue weighted by Crippen LogP contribution is 2.19. The number of fused-ring (bicyclic) bond motifs is 1. The van der Waals surface area contributed by atoms with E-state index in [4.69, 9.17) is 0 Å². The minimum Gasteiger partial charge on any atom is -0.842 e. The Balaban J connectivity index is 1.39. The summed E-state index contributed by atoms with van der Waals surface area (Å²) in [6.07, 6.45) is 3.28. The van der Waals surface area contributed by atoms with E-state index >= 15 is 0 Å². The first-order valence-electron chi connectivity index (χ1n) is 11.5. The molecule has 3 aromatic heterocycles. The summed E-state index contributed by atoms with van der Waals surface area (Å²) in [7, 11) is -3.76. The van der Waals surface area contributed by atoms with Gasteiger partial charge in [-0.2, -0.15) is 8.71 Å². The Morgan fingerprint density at radius 1 is 0.972 bits per heavy atom. The lowest BCUT2D eigenvalue weighted by Gasteiger charge is -2.34. The maximum absolute atomic E-state index is 13.5. The first-order valence-corrected chi connectivity index (χ1v) is 12.9. The zero-order valence-electron chi connectivity index (χ0n) is 19.3. The molecule has 1 saturated heterocycles. The predicted octanol–water partition coefficient (Wildman–Crippen LogP) is 0.750. The molecule has 0 atom stereocenters. The second kappa shape index (κ2) is 9.76. The van der Waals surface area contributed by atoms with Gasteiger partial charge in [0.2, 0.25) is 10.0 Å². The molecule has 0 N–H and O–H groups in total. The summed E-state index contributed by atoms with van der Waals surface area (Å²) in [5.74, 6) is -0.896. The minimum absolute atomic E-state index is 0.0301. The summed E-state index contributed by atoms with van der Waals surface area (Å²) in [4.78, 5) is 19.5. The average molecular weight is 510 g/mol. The van der Waals surface area contributed by atoms with Crippen molar-refractivity contribution in [3.05, 3.63) is 100 Å². The SMILES string of the molecule is O=c1c(CN2CCN(S(=O)(=O)c3ccc(F)cc3)CC2)c([O-])[n+](Cc2ccccn2)c2ccccn12. The molecular formula is C25H24FN5O4S. The van der Waals surface area contributed by atoms with E-state index in [9.17, 15) is 22.7 Å². The Bertz CT molecular complexity index is 1550. The van der Waals surface area contributed by atoms with Crippen molar-refractivity contribution in [2.75, 3.05) is 26.2 Å². The highest BCUT2D eigenvalue weighted by molar-refractivity contribution is 7.89. The Hall–Kier alpha value is -3.67. The van der Waals surface area contributed by atoms with Crippen LogP contribution in [-0.2, 0) is 23.1 Å². The summed E-state index contributed by atoms with van der Waals surface area (Å²) in [5, 5.41) is 13.5. The van der Waals surface area contributed by atoms with Gasteiger partial charge in [-0.15, -0.1) is 0 Å². The fourth-order valence-electron chi connectivity index (χ4n) is 4.38. The van der Waals surface area contributed by atoms with E-state index in [1.807, 2.05) is 17.0 Å². The maximum Gasteiger partial charge on any atom is 0.346 e. The van der Waals surface area contributed by atoms with Crippen molar-refractivity contribution in [3.8, 4) is 5.88 Å². The van der Waals surface area contributed by atoms with Crippen LogP contribution < -0.4 is 15.2 Å². The third-order valence-corrected chi connectivity index (χ3v) is 8.22. The van der Waals surface area contributed by atoms with Gasteiger partial charge in [-0.05, 0) is 42.5 Å². The zero-order chi connectivity index (χ0) is 25.3. The van der Waals surface area contributed by atoms with E-state index in [1.54, 1.807) is 36.7 Å². The van der Waals surface area contributed by atoms with E-state index in [2.05, 4.69) is 4.98 Å². The van der Waals surface area contributed by atoms with Crippen LogP contribution in [0.4, 0.5) is 4.39 Å². The number of benzene rings is 1. The first kappa shape index (κ1) is 24.0. The lowest BCUT2D eigenvalue weighted by molar-refractivity contribution is -0.710. The molecule has 0 aliphatic carbocycles. The number of rotatable bonds is 6. The summed E-state index contributed by atoms with van der Waals surface area (Å²) in [6.45, 7) is 1.38. The van der Waals surface area contributed by atoms with Gasteiger partial charge in [-0.3, -0.25) is 9.88 Å². The van der Waals surface area contributed by atoms with Crippen molar-refractivity contribution in [2.45, 2.75) is 18.0 Å². The summed E-state index contributed by atoms with van der Waals surface area (Å²) >= 11 is 0. The molecule has 0 amide bonds. The molecule has 1 fully saturated rings. The molecule has 4 aromatic rings. The number of nitrogens with zero attached hydrogens (tertiary/aromatic N) is 5. The molecule has 1 aliphatic heterocycles. The molecule has 186 valence electrons. The van der Waals surface area contributed by atoms with Gasteiger partial charge >= 0.3 is 5.56 Å². The Labute approximate surface area is 207 Å². The molecule has 1 aliphatic rings. The van der Waals surface area contributed by atoms with Crippen molar-refractivity contribution in [1.82, 2.24) is 18.6 Å². The number of halogens is 1. The van der Waals surface area contributed by atoms with Gasteiger partial charge in [0.15, 0.2) is 0 Å². The fraction of sp³-hybridized carbons (Fsp3) is 0.240. The highest BCUT2D eigenvalue weighted by atomic mass is 32.2. The Morgan fingerprint density at radius 3 is 2.39 bits per heavy atom. The van der Waals surface area contributed by atoms with Gasteiger partial charge in [-0.25, -0.2) is 22.2 Å². The molecule has 0 radical (unpaired) electrons. The molecule has 9 nitrogen and oxygen atoms in total. The van der Waals surface area contributed by atoms with E-state index in [0.717, 1.165) is 12.1 Å². The number of hydrogen-bond acceptors (Lipinski definition) is 6. The van der Waals surface area contributed by atoms with Crippen molar-refractivity contribution < 1.29 is 22.5 Å². The number of piperazine rings is 1. The van der Waals surface area contributed by atoms with E-state index < -0.39 is 27.3 Å². The van der Waals surface area contributed by atoms with Gasteiger partial charge < -0.3 is 5.11 Å². The van der Waals surface area contributed by atoms with Crippen molar-refractivity contribution in [2.24, 2.45) is 0 Å². The average Bonchev–Trinajstić information content (AvgIpc) is 2.90. The van der Waals surface area contributed by atoms with Crippen molar-refractivity contribution in [1.29, 1.82) is 0 Å². The van der Waals surface area contributed by atoms with Gasteiger partial charge in [0.25, 0.3) is 5.65 Å². The molecule has 0 spiro atoms. The molecule has 0 unspecified atom stereocenters. The van der Waals surface area contributed by atoms with Gasteiger partial charge in [0.05, 0.1) is 28.2 Å². The molecule has 0 bridgehead atoms. The number of hydrogen-bond donors (Lipinski definition) is 0. The molecule has 5 rings (SSSR count). The van der Waals surface area contributed by atoms with Crippen LogP contribution in [0.1, 0.15) is 11.3 Å². The predicted molar refractivity (Wildman–Crippen MR) is 127 cm³/mol. The molecule has 4 heterocycles. The van der Waals surface area contributed by atoms with Crippen LogP contribution in [0.25, 0.3) is 5.65 Å². The zero-order valence-corrected chi connectivity index (χ0v) is 20.1. The largest absolute Gasteiger partial charge is 0.842 e. The van der Waals surface area contributed by atoms with Crippen LogP contribution in [0.5, 0.6) is 5.88 Å². The molecular weight excluding hydrogens is 485 g/mol. The number of aromatic nitrogens is 3. The third-order valence-electron chi connectivity index (χ3n) is 6.31. The molecule has 36 heavy (non-hydrogen) atoms. The lowest BCUT2D eigenvalue weighted by Crippen LogP contribution is -2.50. The topological polar surface area (TPSA) is 102 Å². The number of sulfonamides is 1. The molecule has 1 aromatic carbocycles. The highest BCUT2D eigenvalue weighted by Gasteiger charge is 2.30. The van der Waals surface area contributed by atoms with Crippen LogP contribution in [0.15, 0.2) is 82.7 Å². The number of pyridine rings is 2. The van der Waals surface area contributed by atoms with Gasteiger partial charge in [-0.1, -0.05) is 12.1 Å². The standard InChI is InChI=1S/C25H24FN5O4S/c26-19-7-9-21(10-8-19)36(34,35)29-15-13-28(14-16-29)18-22-24(32)30-12-4-2-6-23(30)31(25(22)33)17-20-5-1-3-11-27-20/h1-12H,13-18H2. The van der Waals surface area contributed by atoms with Crippen LogP contribution in [0.2, 0.25) is 0 Å². The van der Waals surface area contributed by atoms with Crippen LogP contribution in [-0.4, -0.2) is 53.2 Å². The normalized spacial score (nSPS) is 15.4. The monoisotopic (exact) mass is 509 g/mol. The lowest BCUT2D eigenvalue weighted by atomic mass is 10.2. The van der Waals surface area contributed by atoms with Gasteiger partial charge in [0, 0.05) is 45.0 Å². The summed E-state index contributed by atoms with van der Waals surface area (Å²) in [6, 6.07) is 15.4. The summed E-state index contributed by atoms with van der Waals surface area (Å²) in [5.41, 5.74) is 0.880. The van der Waals surface area contributed by atoms with Crippen LogP contribution in [0, 0.1) is 5.82 Å². The Morgan fingerprint density at radius 2 is 1.69 bits per heavy atom. The first-order chi connectivity index (χ1) is 17.3. The molecule has 0 saturated carbocycles. The third kappa shape index (κ3) is 4.60. The van der Waals surface area contributed by atoms with Crippen molar-refractivity contribution in [3.63, 3.8) is 0 Å². The van der Waals surface area contributed by atoms with Gasteiger partial charge in [0.1, 0.15) is 12.4 Å². The van der Waals surface area contributed by atoms with E-state index in [-0.39, 0.29) is 36.6 Å². The second-order valence-electron chi connectivity index (χ2n) is 8.56. The quantitative estimate of drug-likeness (QED) is 0.356. The van der Waals surface area contributed by atoms with Crippen molar-refractivity contribution >= 4 is 15.7 Å². The fourth-order valence-corrected chi connectivity index (χ4v) is 5.80. The van der Waals surface area contributed by atoms with Crippen LogP contribution in [0.3, 0.4) is 0 Å².